The summed E-state index contributed by atoms with van der Waals surface area (Å²) in [7, 11) is -3.70. The Morgan fingerprint density at radius 3 is 2.61 bits per heavy atom. The van der Waals surface area contributed by atoms with E-state index in [1.807, 2.05) is 44.2 Å². The number of piperidine rings is 1. The number of rotatable bonds is 6. The van der Waals surface area contributed by atoms with Crippen LogP contribution in [-0.2, 0) is 14.8 Å². The van der Waals surface area contributed by atoms with Crippen molar-refractivity contribution in [2.45, 2.75) is 31.6 Å². The van der Waals surface area contributed by atoms with Crippen LogP contribution >= 0.6 is 0 Å². The van der Waals surface area contributed by atoms with Crippen LogP contribution in [0.25, 0.3) is 22.4 Å². The maximum Gasteiger partial charge on any atom is 0.243 e. The minimum atomic E-state index is -3.70. The lowest BCUT2D eigenvalue weighted by Gasteiger charge is -2.33. The van der Waals surface area contributed by atoms with E-state index in [1.165, 1.54) is 4.31 Å². The predicted molar refractivity (Wildman–Crippen MR) is 121 cm³/mol. The number of benzene rings is 2. The summed E-state index contributed by atoms with van der Waals surface area (Å²) in [6, 6.07) is 14.7. The fourth-order valence-corrected chi connectivity index (χ4v) is 5.74. The molecule has 7 nitrogen and oxygen atoms in total. The maximum atomic E-state index is 13.4. The Morgan fingerprint density at radius 1 is 1.16 bits per heavy atom. The van der Waals surface area contributed by atoms with Gasteiger partial charge in [-0.2, -0.15) is 4.31 Å². The Hall–Kier alpha value is -2.71. The number of H-pyrrole nitrogens is 1. The first-order valence-electron chi connectivity index (χ1n) is 10.8. The Labute approximate surface area is 183 Å². The molecular formula is C23H28N4O3S. The van der Waals surface area contributed by atoms with E-state index in [9.17, 15) is 13.2 Å². The van der Waals surface area contributed by atoms with Crippen molar-refractivity contribution in [3.05, 3.63) is 48.5 Å². The van der Waals surface area contributed by atoms with Crippen LogP contribution in [0.15, 0.2) is 53.4 Å². The molecule has 1 aromatic heterocycles. The summed E-state index contributed by atoms with van der Waals surface area (Å²) >= 11 is 0. The highest BCUT2D eigenvalue weighted by Crippen LogP contribution is 2.28. The van der Waals surface area contributed by atoms with Crippen molar-refractivity contribution in [1.82, 2.24) is 19.2 Å². The van der Waals surface area contributed by atoms with E-state index in [0.717, 1.165) is 12.0 Å². The summed E-state index contributed by atoms with van der Waals surface area (Å²) in [6.45, 7) is 5.83. The number of nitrogens with zero attached hydrogens (tertiary/aromatic N) is 3. The number of hydrogen-bond acceptors (Lipinski definition) is 4. The lowest BCUT2D eigenvalue weighted by atomic mass is 9.98. The lowest BCUT2D eigenvalue weighted by molar-refractivity contribution is -0.136. The summed E-state index contributed by atoms with van der Waals surface area (Å²) in [4.78, 5) is 22.6. The van der Waals surface area contributed by atoms with Gasteiger partial charge in [0.15, 0.2) is 0 Å². The Bertz CT molecular complexity index is 1170. The van der Waals surface area contributed by atoms with Crippen LogP contribution in [0.5, 0.6) is 0 Å². The van der Waals surface area contributed by atoms with Gasteiger partial charge < -0.3 is 9.88 Å². The minimum Gasteiger partial charge on any atom is -0.343 e. The first kappa shape index (κ1) is 21.5. The summed E-state index contributed by atoms with van der Waals surface area (Å²) in [5.41, 5.74) is 2.33. The van der Waals surface area contributed by atoms with Crippen LogP contribution < -0.4 is 0 Å². The molecular weight excluding hydrogens is 412 g/mol. The third-order valence-electron chi connectivity index (χ3n) is 5.95. The Kier molecular flexibility index (Phi) is 6.11. The van der Waals surface area contributed by atoms with Gasteiger partial charge in [-0.15, -0.1) is 0 Å². The normalized spacial score (nSPS) is 17.7. The van der Waals surface area contributed by atoms with Crippen LogP contribution in [0.3, 0.4) is 0 Å². The van der Waals surface area contributed by atoms with Crippen molar-refractivity contribution in [3.63, 3.8) is 0 Å². The summed E-state index contributed by atoms with van der Waals surface area (Å²) in [5.74, 6) is 0.457. The lowest BCUT2D eigenvalue weighted by Crippen LogP contribution is -2.46. The number of sulfonamides is 1. The molecule has 1 N–H and O–H groups in total. The van der Waals surface area contributed by atoms with Gasteiger partial charge in [-0.3, -0.25) is 4.79 Å². The molecule has 1 aliphatic rings. The number of nitrogens with one attached hydrogen (secondary N) is 1. The van der Waals surface area contributed by atoms with Crippen molar-refractivity contribution >= 4 is 27.0 Å². The van der Waals surface area contributed by atoms with E-state index in [1.54, 1.807) is 23.1 Å². The van der Waals surface area contributed by atoms with E-state index >= 15 is 0 Å². The van der Waals surface area contributed by atoms with E-state index in [-0.39, 0.29) is 23.3 Å². The zero-order chi connectivity index (χ0) is 22.0. The fourth-order valence-electron chi connectivity index (χ4n) is 4.19. The molecule has 2 heterocycles. The number of aromatic nitrogens is 2. The van der Waals surface area contributed by atoms with Gasteiger partial charge in [0.05, 0.1) is 21.8 Å². The van der Waals surface area contributed by atoms with Gasteiger partial charge in [0, 0.05) is 31.7 Å². The van der Waals surface area contributed by atoms with Crippen molar-refractivity contribution in [2.24, 2.45) is 5.92 Å². The smallest absolute Gasteiger partial charge is 0.243 e. The highest BCUT2D eigenvalue weighted by Gasteiger charge is 2.34. The predicted octanol–water partition coefficient (Wildman–Crippen LogP) is 3.50. The number of carbonyl (C=O) groups is 1. The van der Waals surface area contributed by atoms with E-state index < -0.39 is 10.0 Å². The van der Waals surface area contributed by atoms with Gasteiger partial charge >= 0.3 is 0 Å². The molecule has 1 saturated heterocycles. The van der Waals surface area contributed by atoms with Crippen molar-refractivity contribution in [1.29, 1.82) is 0 Å². The van der Waals surface area contributed by atoms with Crippen molar-refractivity contribution in [3.8, 4) is 11.4 Å². The van der Waals surface area contributed by atoms with Gasteiger partial charge in [-0.1, -0.05) is 30.3 Å². The quantitative estimate of drug-likeness (QED) is 0.636. The monoisotopic (exact) mass is 440 g/mol. The number of carbonyl (C=O) groups excluding carboxylic acids is 1. The van der Waals surface area contributed by atoms with Crippen LogP contribution in [0.2, 0.25) is 0 Å². The zero-order valence-corrected chi connectivity index (χ0v) is 18.7. The zero-order valence-electron chi connectivity index (χ0n) is 17.9. The average molecular weight is 441 g/mol. The van der Waals surface area contributed by atoms with Gasteiger partial charge in [-0.25, -0.2) is 13.4 Å². The molecule has 8 heteroatoms. The van der Waals surface area contributed by atoms with Crippen LogP contribution in [0.4, 0.5) is 0 Å². The molecule has 1 fully saturated rings. The van der Waals surface area contributed by atoms with Gasteiger partial charge in [0.1, 0.15) is 5.82 Å². The minimum absolute atomic E-state index is 0.0430. The SMILES string of the molecule is CCN(CC)C(=O)C1CCCN(S(=O)(=O)c2ccc3nc(-c4ccccc4)[nH]c3c2)C1. The molecule has 31 heavy (non-hydrogen) atoms. The van der Waals surface area contributed by atoms with Crippen molar-refractivity contribution in [2.75, 3.05) is 26.2 Å². The first-order chi connectivity index (χ1) is 14.9. The van der Waals surface area contributed by atoms with E-state index in [0.29, 0.717) is 42.9 Å². The van der Waals surface area contributed by atoms with E-state index in [4.69, 9.17) is 0 Å². The summed E-state index contributed by atoms with van der Waals surface area (Å²) in [6.07, 6.45) is 1.41. The molecule has 3 aromatic rings. The molecule has 0 aliphatic carbocycles. The third-order valence-corrected chi connectivity index (χ3v) is 7.81. The third kappa shape index (κ3) is 4.22. The number of imidazole rings is 1. The molecule has 2 aromatic carbocycles. The first-order valence-corrected chi connectivity index (χ1v) is 12.2. The number of hydrogen-bond donors (Lipinski definition) is 1. The second-order valence-corrected chi connectivity index (χ2v) is 9.78. The van der Waals surface area contributed by atoms with Crippen LogP contribution in [-0.4, -0.2) is 59.7 Å². The maximum absolute atomic E-state index is 13.4. The highest BCUT2D eigenvalue weighted by atomic mass is 32.2. The van der Waals surface area contributed by atoms with Gasteiger partial charge in [-0.05, 0) is 44.9 Å². The van der Waals surface area contributed by atoms with Gasteiger partial charge in [0.2, 0.25) is 15.9 Å². The summed E-state index contributed by atoms with van der Waals surface area (Å²) < 4.78 is 28.2. The van der Waals surface area contributed by atoms with Crippen molar-refractivity contribution < 1.29 is 13.2 Å². The van der Waals surface area contributed by atoms with Crippen LogP contribution in [0, 0.1) is 5.92 Å². The standard InChI is InChI=1S/C23H28N4O3S/c1-3-26(4-2)23(28)18-11-8-14-27(16-18)31(29,30)19-12-13-20-21(15-19)25-22(24-20)17-9-6-5-7-10-17/h5-7,9-10,12-13,15,18H,3-4,8,11,14,16H2,1-2H3,(H,24,25). The fraction of sp³-hybridized carbons (Fsp3) is 0.391. The molecule has 1 amide bonds. The average Bonchev–Trinajstić information content (AvgIpc) is 3.24. The summed E-state index contributed by atoms with van der Waals surface area (Å²) in [5, 5.41) is 0. The topological polar surface area (TPSA) is 86.4 Å². The second kappa shape index (κ2) is 8.80. The molecule has 1 atom stereocenters. The van der Waals surface area contributed by atoms with E-state index in [2.05, 4.69) is 9.97 Å². The largest absolute Gasteiger partial charge is 0.343 e. The molecule has 1 unspecified atom stereocenters. The molecule has 0 radical (unpaired) electrons. The molecule has 0 saturated carbocycles. The molecule has 4 rings (SSSR count). The van der Waals surface area contributed by atoms with Crippen LogP contribution in [0.1, 0.15) is 26.7 Å². The number of aromatic amines is 1. The molecule has 1 aliphatic heterocycles. The molecule has 164 valence electrons. The number of amides is 1. The Morgan fingerprint density at radius 2 is 1.90 bits per heavy atom. The van der Waals surface area contributed by atoms with Gasteiger partial charge in [0.25, 0.3) is 0 Å². The second-order valence-electron chi connectivity index (χ2n) is 7.84. The highest BCUT2D eigenvalue weighted by molar-refractivity contribution is 7.89. The Balaban J connectivity index is 1.60. The molecule has 0 bridgehead atoms. The number of fused-ring (bicyclic) bond motifs is 1. The molecule has 0 spiro atoms.